The van der Waals surface area contributed by atoms with Crippen molar-refractivity contribution in [3.63, 3.8) is 0 Å². The van der Waals surface area contributed by atoms with E-state index in [1.54, 1.807) is 0 Å². The van der Waals surface area contributed by atoms with E-state index in [9.17, 15) is 9.59 Å². The molecule has 2 amide bonds. The lowest BCUT2D eigenvalue weighted by Gasteiger charge is -2.12. The zero-order chi connectivity index (χ0) is 19.6. The Morgan fingerprint density at radius 2 is 2.07 bits per heavy atom. The van der Waals surface area contributed by atoms with Crippen LogP contribution in [0.4, 0.5) is 5.69 Å². The molecule has 1 aliphatic rings. The summed E-state index contributed by atoms with van der Waals surface area (Å²) in [7, 11) is 0. The predicted octanol–water partition coefficient (Wildman–Crippen LogP) is 3.03. The maximum absolute atomic E-state index is 12.4. The highest BCUT2D eigenvalue weighted by Crippen LogP contribution is 2.40. The van der Waals surface area contributed by atoms with Crippen LogP contribution in [0.5, 0.6) is 0 Å². The summed E-state index contributed by atoms with van der Waals surface area (Å²) in [5, 5.41) is 12.5. The van der Waals surface area contributed by atoms with E-state index in [0.717, 1.165) is 29.8 Å². The molecule has 0 unspecified atom stereocenters. The smallest absolute Gasteiger partial charge is 0.234 e. The number of carbonyl (C=O) groups is 2. The van der Waals surface area contributed by atoms with Gasteiger partial charge >= 0.3 is 0 Å². The second-order valence-corrected chi connectivity index (χ2v) is 8.11. The predicted molar refractivity (Wildman–Crippen MR) is 106 cm³/mol. The lowest BCUT2D eigenvalue weighted by atomic mass is 10.1. The molecule has 1 aromatic heterocycles. The largest absolute Gasteiger partial charge is 0.370 e. The molecule has 0 bridgehead atoms. The number of rotatable bonds is 8. The maximum atomic E-state index is 12.4. The van der Waals surface area contributed by atoms with Crippen molar-refractivity contribution in [1.29, 1.82) is 0 Å². The van der Waals surface area contributed by atoms with Gasteiger partial charge in [-0.3, -0.25) is 9.59 Å². The van der Waals surface area contributed by atoms with Gasteiger partial charge in [-0.25, -0.2) is 0 Å². The van der Waals surface area contributed by atoms with Crippen LogP contribution in [-0.2, 0) is 16.1 Å². The summed E-state index contributed by atoms with van der Waals surface area (Å²) in [6.45, 7) is 4.29. The minimum atomic E-state index is -0.372. The number of anilines is 1. The fraction of sp³-hybridized carbons (Fsp3) is 0.444. The molecule has 1 saturated carbocycles. The molecule has 0 atom stereocenters. The highest BCUT2D eigenvalue weighted by molar-refractivity contribution is 7.99. The molecule has 3 rings (SSSR count). The Morgan fingerprint density at radius 1 is 1.33 bits per heavy atom. The zero-order valence-corrected chi connectivity index (χ0v) is 16.9. The fourth-order valence-corrected chi connectivity index (χ4v) is 4.00. The van der Waals surface area contributed by atoms with Crippen molar-refractivity contribution in [2.24, 2.45) is 5.73 Å². The Morgan fingerprint density at radius 3 is 2.70 bits per heavy atom. The molecule has 27 heavy (non-hydrogen) atoms. The standard InChI is InChI=1S/C18H22ClN5O2S/c1-10-7-11(2)16(13(19)8-10)21-15(26)9-27-18-23-22-17(12-3-4-12)24(18)6-5-14(20)25/h7-8,12H,3-6,9H2,1-2H3,(H2,20,25)(H,21,26). The monoisotopic (exact) mass is 407 g/mol. The van der Waals surface area contributed by atoms with Gasteiger partial charge in [-0.2, -0.15) is 0 Å². The third-order valence-electron chi connectivity index (χ3n) is 4.30. The number of amides is 2. The van der Waals surface area contributed by atoms with Gasteiger partial charge in [-0.15, -0.1) is 10.2 Å². The summed E-state index contributed by atoms with van der Waals surface area (Å²) < 4.78 is 1.91. The third kappa shape index (κ3) is 5.01. The van der Waals surface area contributed by atoms with Crippen molar-refractivity contribution < 1.29 is 9.59 Å². The van der Waals surface area contributed by atoms with E-state index in [2.05, 4.69) is 15.5 Å². The number of primary amides is 1. The second kappa shape index (κ2) is 8.31. The molecular formula is C18H22ClN5O2S. The Kier molecular flexibility index (Phi) is 6.06. The number of nitrogens with one attached hydrogen (secondary N) is 1. The first-order chi connectivity index (χ1) is 12.8. The molecule has 1 fully saturated rings. The first kappa shape index (κ1) is 19.7. The van der Waals surface area contributed by atoms with Crippen molar-refractivity contribution in [2.75, 3.05) is 11.1 Å². The van der Waals surface area contributed by atoms with Crippen LogP contribution in [0, 0.1) is 13.8 Å². The van der Waals surface area contributed by atoms with Gasteiger partial charge in [0.25, 0.3) is 0 Å². The molecule has 1 aromatic carbocycles. The van der Waals surface area contributed by atoms with Crippen molar-refractivity contribution >= 4 is 40.9 Å². The van der Waals surface area contributed by atoms with Crippen molar-refractivity contribution in [3.05, 3.63) is 34.1 Å². The summed E-state index contributed by atoms with van der Waals surface area (Å²) >= 11 is 7.53. The molecule has 0 aliphatic heterocycles. The van der Waals surface area contributed by atoms with Gasteiger partial charge in [-0.05, 0) is 43.9 Å². The number of nitrogens with zero attached hydrogens (tertiary/aromatic N) is 3. The van der Waals surface area contributed by atoms with E-state index in [0.29, 0.717) is 28.3 Å². The van der Waals surface area contributed by atoms with Crippen molar-refractivity contribution in [1.82, 2.24) is 14.8 Å². The van der Waals surface area contributed by atoms with Gasteiger partial charge in [-0.1, -0.05) is 29.4 Å². The molecule has 144 valence electrons. The fourth-order valence-electron chi connectivity index (χ4n) is 2.86. The summed E-state index contributed by atoms with van der Waals surface area (Å²) in [6, 6.07) is 3.79. The van der Waals surface area contributed by atoms with Gasteiger partial charge in [0.2, 0.25) is 11.8 Å². The molecular weight excluding hydrogens is 386 g/mol. The highest BCUT2D eigenvalue weighted by Gasteiger charge is 2.30. The number of nitrogens with two attached hydrogens (primary N) is 1. The molecule has 9 heteroatoms. The number of hydrogen-bond acceptors (Lipinski definition) is 5. The van der Waals surface area contributed by atoms with Gasteiger partial charge in [0, 0.05) is 18.9 Å². The van der Waals surface area contributed by atoms with Crippen molar-refractivity contribution in [3.8, 4) is 0 Å². The average Bonchev–Trinajstić information content (AvgIpc) is 3.35. The van der Waals surface area contributed by atoms with E-state index in [4.69, 9.17) is 17.3 Å². The minimum absolute atomic E-state index is 0.170. The summed E-state index contributed by atoms with van der Waals surface area (Å²) in [5.41, 5.74) is 7.86. The molecule has 3 N–H and O–H groups in total. The van der Waals surface area contributed by atoms with E-state index in [1.807, 2.05) is 30.5 Å². The Hall–Kier alpha value is -2.06. The van der Waals surface area contributed by atoms with Gasteiger partial charge in [0.1, 0.15) is 5.82 Å². The zero-order valence-electron chi connectivity index (χ0n) is 15.3. The number of thioether (sulfide) groups is 1. The average molecular weight is 408 g/mol. The summed E-state index contributed by atoms with van der Waals surface area (Å²) in [6.07, 6.45) is 2.37. The Balaban J connectivity index is 1.66. The first-order valence-electron chi connectivity index (χ1n) is 8.76. The maximum Gasteiger partial charge on any atom is 0.234 e. The topological polar surface area (TPSA) is 103 Å². The number of aryl methyl sites for hydroxylation is 2. The number of aromatic nitrogens is 3. The normalized spacial score (nSPS) is 13.6. The molecule has 1 aliphatic carbocycles. The van der Waals surface area contributed by atoms with Crippen LogP contribution in [0.2, 0.25) is 5.02 Å². The van der Waals surface area contributed by atoms with Crippen LogP contribution < -0.4 is 11.1 Å². The number of hydrogen-bond donors (Lipinski definition) is 2. The van der Waals surface area contributed by atoms with Crippen LogP contribution in [-0.4, -0.2) is 32.3 Å². The molecule has 0 radical (unpaired) electrons. The molecule has 1 heterocycles. The molecule has 2 aromatic rings. The van der Waals surface area contributed by atoms with Crippen molar-refractivity contribution in [2.45, 2.75) is 50.7 Å². The van der Waals surface area contributed by atoms with Gasteiger partial charge < -0.3 is 15.6 Å². The van der Waals surface area contributed by atoms with E-state index in [-0.39, 0.29) is 24.0 Å². The lowest BCUT2D eigenvalue weighted by molar-refractivity contribution is -0.118. The van der Waals surface area contributed by atoms with E-state index < -0.39 is 0 Å². The first-order valence-corrected chi connectivity index (χ1v) is 10.1. The quantitative estimate of drug-likeness (QED) is 0.654. The molecule has 0 spiro atoms. The van der Waals surface area contributed by atoms with Gasteiger partial charge in [0.05, 0.1) is 16.5 Å². The van der Waals surface area contributed by atoms with Gasteiger partial charge in [0.15, 0.2) is 5.16 Å². The number of halogens is 1. The van der Waals surface area contributed by atoms with Crippen LogP contribution in [0.15, 0.2) is 17.3 Å². The molecule has 0 saturated heterocycles. The Labute approximate surface area is 167 Å². The lowest BCUT2D eigenvalue weighted by Crippen LogP contribution is -2.17. The van der Waals surface area contributed by atoms with Crippen LogP contribution in [0.25, 0.3) is 0 Å². The van der Waals surface area contributed by atoms with E-state index >= 15 is 0 Å². The number of carbonyl (C=O) groups excluding carboxylic acids is 2. The number of benzene rings is 1. The van der Waals surface area contributed by atoms with Crippen LogP contribution >= 0.6 is 23.4 Å². The molecule has 7 nitrogen and oxygen atoms in total. The third-order valence-corrected chi connectivity index (χ3v) is 5.56. The highest BCUT2D eigenvalue weighted by atomic mass is 35.5. The second-order valence-electron chi connectivity index (χ2n) is 6.76. The Bertz CT molecular complexity index is 856. The van der Waals surface area contributed by atoms with Crippen LogP contribution in [0.3, 0.4) is 0 Å². The minimum Gasteiger partial charge on any atom is -0.370 e. The van der Waals surface area contributed by atoms with E-state index in [1.165, 1.54) is 11.8 Å². The van der Waals surface area contributed by atoms with Crippen LogP contribution in [0.1, 0.15) is 42.1 Å². The summed E-state index contributed by atoms with van der Waals surface area (Å²) in [4.78, 5) is 23.5. The SMILES string of the molecule is Cc1cc(C)c(NC(=O)CSc2nnc(C3CC3)n2CCC(N)=O)c(Cl)c1. The summed E-state index contributed by atoms with van der Waals surface area (Å²) in [5.74, 6) is 0.886.